The summed E-state index contributed by atoms with van der Waals surface area (Å²) in [6, 6.07) is 4.97. The number of hydrogen-bond donors (Lipinski definition) is 1. The van der Waals surface area contributed by atoms with Gasteiger partial charge in [0.15, 0.2) is 0 Å². The maximum Gasteiger partial charge on any atom is 0.342 e. The fraction of sp³-hybridized carbons (Fsp3) is 0.222. The van der Waals surface area contributed by atoms with Crippen molar-refractivity contribution in [2.45, 2.75) is 13.0 Å². The normalized spacial score (nSPS) is 18.8. The number of cyclic esters (lactones) is 1. The lowest BCUT2D eigenvalue weighted by Gasteiger charge is -2.00. The van der Waals surface area contributed by atoms with E-state index in [-0.39, 0.29) is 17.3 Å². The summed E-state index contributed by atoms with van der Waals surface area (Å²) in [6.45, 7) is 1.78. The third kappa shape index (κ3) is 1.25. The van der Waals surface area contributed by atoms with E-state index in [0.29, 0.717) is 5.56 Å². The molecular weight excluding hydrogens is 172 g/mol. The SMILES string of the molecule is CC1OC(=O)c2c(O)cccc21.O. The highest BCUT2D eigenvalue weighted by Crippen LogP contribution is 2.34. The highest BCUT2D eigenvalue weighted by molar-refractivity contribution is 5.96. The lowest BCUT2D eigenvalue weighted by molar-refractivity contribution is 0.0420. The molecule has 13 heavy (non-hydrogen) atoms. The Balaban J connectivity index is 0.000000845. The molecule has 1 heterocycles. The van der Waals surface area contributed by atoms with Crippen LogP contribution in [0.4, 0.5) is 0 Å². The summed E-state index contributed by atoms with van der Waals surface area (Å²) in [7, 11) is 0. The van der Waals surface area contributed by atoms with Crippen LogP contribution in [-0.4, -0.2) is 16.6 Å². The summed E-state index contributed by atoms with van der Waals surface area (Å²) in [4.78, 5) is 11.1. The highest BCUT2D eigenvalue weighted by Gasteiger charge is 2.30. The molecular formula is C9H10O4. The van der Waals surface area contributed by atoms with Crippen molar-refractivity contribution in [1.82, 2.24) is 0 Å². The van der Waals surface area contributed by atoms with Crippen LogP contribution in [0.3, 0.4) is 0 Å². The lowest BCUT2D eigenvalue weighted by Crippen LogP contribution is -1.94. The average Bonchev–Trinajstić information content (AvgIpc) is 2.29. The van der Waals surface area contributed by atoms with E-state index in [1.807, 2.05) is 0 Å². The van der Waals surface area contributed by atoms with Gasteiger partial charge in [-0.2, -0.15) is 0 Å². The first kappa shape index (κ1) is 9.54. The van der Waals surface area contributed by atoms with Crippen molar-refractivity contribution in [2.75, 3.05) is 0 Å². The molecule has 0 saturated carbocycles. The summed E-state index contributed by atoms with van der Waals surface area (Å²) >= 11 is 0. The van der Waals surface area contributed by atoms with Crippen LogP contribution < -0.4 is 0 Å². The Morgan fingerprint density at radius 3 is 2.77 bits per heavy atom. The zero-order chi connectivity index (χ0) is 8.72. The second kappa shape index (κ2) is 3.06. The number of phenolic OH excluding ortho intramolecular Hbond substituents is 1. The minimum atomic E-state index is -0.435. The Hall–Kier alpha value is -1.55. The molecule has 3 N–H and O–H groups in total. The molecule has 0 radical (unpaired) electrons. The molecule has 0 amide bonds. The van der Waals surface area contributed by atoms with Gasteiger partial charge in [0.2, 0.25) is 0 Å². The first-order valence-corrected chi connectivity index (χ1v) is 3.73. The third-order valence-electron chi connectivity index (χ3n) is 2.00. The molecule has 1 aliphatic heterocycles. The van der Waals surface area contributed by atoms with Crippen LogP contribution in [0, 0.1) is 0 Å². The number of esters is 1. The molecule has 0 fully saturated rings. The first-order chi connectivity index (χ1) is 5.70. The zero-order valence-corrected chi connectivity index (χ0v) is 7.07. The molecule has 1 aromatic rings. The fourth-order valence-electron chi connectivity index (χ4n) is 1.40. The van der Waals surface area contributed by atoms with Crippen LogP contribution in [0.1, 0.15) is 28.9 Å². The maximum atomic E-state index is 11.1. The topological polar surface area (TPSA) is 78.0 Å². The van der Waals surface area contributed by atoms with Crippen LogP contribution >= 0.6 is 0 Å². The highest BCUT2D eigenvalue weighted by atomic mass is 16.5. The van der Waals surface area contributed by atoms with E-state index in [9.17, 15) is 9.90 Å². The van der Waals surface area contributed by atoms with Gasteiger partial charge in [0, 0.05) is 5.56 Å². The molecule has 0 aromatic heterocycles. The second-order valence-electron chi connectivity index (χ2n) is 2.79. The molecule has 4 heteroatoms. The standard InChI is InChI=1S/C9H8O3.H2O/c1-5-6-3-2-4-7(10)8(6)9(11)12-5;/h2-5,10H,1H3;1H2. The lowest BCUT2D eigenvalue weighted by atomic mass is 10.1. The number of benzene rings is 1. The number of aromatic hydroxyl groups is 1. The van der Waals surface area contributed by atoms with Crippen LogP contribution in [0.2, 0.25) is 0 Å². The van der Waals surface area contributed by atoms with Crippen LogP contribution in [0.15, 0.2) is 18.2 Å². The quantitative estimate of drug-likeness (QED) is 0.602. The largest absolute Gasteiger partial charge is 0.507 e. The number of phenols is 1. The Morgan fingerprint density at radius 2 is 2.15 bits per heavy atom. The van der Waals surface area contributed by atoms with Crippen molar-refractivity contribution in [3.8, 4) is 5.75 Å². The second-order valence-corrected chi connectivity index (χ2v) is 2.79. The van der Waals surface area contributed by atoms with Crippen molar-refractivity contribution >= 4 is 5.97 Å². The Bertz CT molecular complexity index is 345. The van der Waals surface area contributed by atoms with Gasteiger partial charge in [-0.15, -0.1) is 0 Å². The molecule has 1 aromatic carbocycles. The molecule has 0 spiro atoms. The van der Waals surface area contributed by atoms with Gasteiger partial charge in [0.25, 0.3) is 0 Å². The van der Waals surface area contributed by atoms with Crippen molar-refractivity contribution in [3.63, 3.8) is 0 Å². The number of rotatable bonds is 0. The van der Waals surface area contributed by atoms with Gasteiger partial charge in [-0.05, 0) is 13.0 Å². The minimum absolute atomic E-state index is 0. The summed E-state index contributed by atoms with van der Waals surface area (Å²) in [6.07, 6.45) is -0.236. The zero-order valence-electron chi connectivity index (χ0n) is 7.07. The van der Waals surface area contributed by atoms with Crippen LogP contribution in [0.5, 0.6) is 5.75 Å². The monoisotopic (exact) mass is 182 g/mol. The van der Waals surface area contributed by atoms with Crippen LogP contribution in [-0.2, 0) is 4.74 Å². The van der Waals surface area contributed by atoms with Gasteiger partial charge in [0.1, 0.15) is 17.4 Å². The summed E-state index contributed by atoms with van der Waals surface area (Å²) < 4.78 is 4.91. The van der Waals surface area contributed by atoms with Crippen molar-refractivity contribution < 1.29 is 20.1 Å². The third-order valence-corrected chi connectivity index (χ3v) is 2.00. The molecule has 70 valence electrons. The Labute approximate surface area is 75.1 Å². The minimum Gasteiger partial charge on any atom is -0.507 e. The summed E-state index contributed by atoms with van der Waals surface area (Å²) in [5.41, 5.74) is 1.07. The average molecular weight is 182 g/mol. The molecule has 4 nitrogen and oxygen atoms in total. The number of carbonyl (C=O) groups excluding carboxylic acids is 1. The van der Waals surface area contributed by atoms with E-state index < -0.39 is 5.97 Å². The summed E-state index contributed by atoms with van der Waals surface area (Å²) in [5, 5.41) is 9.32. The van der Waals surface area contributed by atoms with Crippen molar-refractivity contribution in [2.24, 2.45) is 0 Å². The predicted molar refractivity (Wildman–Crippen MR) is 45.6 cm³/mol. The molecule has 0 bridgehead atoms. The van der Waals surface area contributed by atoms with Crippen LogP contribution in [0.25, 0.3) is 0 Å². The predicted octanol–water partition coefficient (Wildman–Crippen LogP) is 0.799. The number of hydrogen-bond acceptors (Lipinski definition) is 3. The molecule has 2 rings (SSSR count). The van der Waals surface area contributed by atoms with Gasteiger partial charge in [-0.25, -0.2) is 4.79 Å². The van der Waals surface area contributed by atoms with Crippen molar-refractivity contribution in [1.29, 1.82) is 0 Å². The van der Waals surface area contributed by atoms with E-state index in [1.165, 1.54) is 6.07 Å². The summed E-state index contributed by atoms with van der Waals surface area (Å²) in [5.74, 6) is -0.433. The van der Waals surface area contributed by atoms with Gasteiger partial charge >= 0.3 is 5.97 Å². The Kier molecular flexibility index (Phi) is 2.25. The fourth-order valence-corrected chi connectivity index (χ4v) is 1.40. The molecule has 1 atom stereocenters. The molecule has 1 unspecified atom stereocenters. The van der Waals surface area contributed by atoms with E-state index in [2.05, 4.69) is 0 Å². The van der Waals surface area contributed by atoms with Gasteiger partial charge in [-0.3, -0.25) is 0 Å². The van der Waals surface area contributed by atoms with E-state index in [4.69, 9.17) is 4.74 Å². The Morgan fingerprint density at radius 1 is 1.46 bits per heavy atom. The maximum absolute atomic E-state index is 11.1. The van der Waals surface area contributed by atoms with E-state index in [1.54, 1.807) is 19.1 Å². The molecule has 0 saturated heterocycles. The van der Waals surface area contributed by atoms with Crippen molar-refractivity contribution in [3.05, 3.63) is 29.3 Å². The van der Waals surface area contributed by atoms with Gasteiger partial charge in [0.05, 0.1) is 0 Å². The van der Waals surface area contributed by atoms with E-state index >= 15 is 0 Å². The molecule has 1 aliphatic rings. The number of fused-ring (bicyclic) bond motifs is 1. The smallest absolute Gasteiger partial charge is 0.342 e. The van der Waals surface area contributed by atoms with Gasteiger partial charge < -0.3 is 15.3 Å². The first-order valence-electron chi connectivity index (χ1n) is 3.73. The number of carbonyl (C=O) groups is 1. The van der Waals surface area contributed by atoms with E-state index in [0.717, 1.165) is 5.56 Å². The number of ether oxygens (including phenoxy) is 1. The molecule has 0 aliphatic carbocycles. The van der Waals surface area contributed by atoms with Gasteiger partial charge in [-0.1, -0.05) is 12.1 Å².